The number of rotatable bonds is 2. The Balaban J connectivity index is 2.04. The van der Waals surface area contributed by atoms with Crippen molar-refractivity contribution in [3.63, 3.8) is 0 Å². The zero-order chi connectivity index (χ0) is 14.3. The van der Waals surface area contributed by atoms with Gasteiger partial charge in [0.2, 0.25) is 0 Å². The lowest BCUT2D eigenvalue weighted by Crippen LogP contribution is -2.34. The number of hydrogen-bond acceptors (Lipinski definition) is 5. The van der Waals surface area contributed by atoms with Crippen LogP contribution in [0.5, 0.6) is 5.75 Å². The number of ether oxygens (including phenoxy) is 1. The first kappa shape index (κ1) is 12.7. The van der Waals surface area contributed by atoms with Crippen LogP contribution in [0.2, 0.25) is 0 Å². The molecule has 0 saturated carbocycles. The van der Waals surface area contributed by atoms with Crippen LogP contribution in [0.1, 0.15) is 18.2 Å². The van der Waals surface area contributed by atoms with E-state index < -0.39 is 6.10 Å². The minimum absolute atomic E-state index is 0.162. The zero-order valence-electron chi connectivity index (χ0n) is 11.3. The van der Waals surface area contributed by atoms with Gasteiger partial charge >= 0.3 is 0 Å². The highest BCUT2D eigenvalue weighted by molar-refractivity contribution is 5.98. The number of nitrogens with one attached hydrogen (secondary N) is 1. The van der Waals surface area contributed by atoms with Crippen LogP contribution < -0.4 is 15.8 Å². The second kappa shape index (κ2) is 4.64. The highest BCUT2D eigenvalue weighted by Crippen LogP contribution is 2.35. The summed E-state index contributed by atoms with van der Waals surface area (Å²) in [4.78, 5) is 11.6. The Kier molecular flexibility index (Phi) is 2.94. The Morgan fingerprint density at radius 1 is 1.45 bits per heavy atom. The minimum atomic E-state index is -0.484. The SMILES string of the molecule is Cc1onc(-c2ccc3c(c2)NC(=O)C(C)O3)c1CN. The molecule has 0 bridgehead atoms. The van der Waals surface area contributed by atoms with Gasteiger partial charge in [-0.2, -0.15) is 0 Å². The molecule has 1 aliphatic rings. The summed E-state index contributed by atoms with van der Waals surface area (Å²) in [6.45, 7) is 3.88. The van der Waals surface area contributed by atoms with Gasteiger partial charge in [0.25, 0.3) is 5.91 Å². The van der Waals surface area contributed by atoms with Gasteiger partial charge in [-0.1, -0.05) is 5.16 Å². The molecular weight excluding hydrogens is 258 g/mol. The standard InChI is InChI=1S/C14H15N3O3/c1-7-10(6-15)13(17-20-7)9-3-4-12-11(5-9)16-14(18)8(2)19-12/h3-5,8H,6,15H2,1-2H3,(H,16,18). The molecule has 0 fully saturated rings. The lowest BCUT2D eigenvalue weighted by molar-refractivity contribution is -0.122. The van der Waals surface area contributed by atoms with Crippen molar-refractivity contribution < 1.29 is 14.1 Å². The van der Waals surface area contributed by atoms with E-state index in [9.17, 15) is 4.79 Å². The molecule has 0 spiro atoms. The molecule has 2 aromatic rings. The van der Waals surface area contributed by atoms with Gasteiger partial charge in [0.15, 0.2) is 6.10 Å². The first-order valence-corrected chi connectivity index (χ1v) is 6.37. The molecule has 6 nitrogen and oxygen atoms in total. The van der Waals surface area contributed by atoms with Crippen molar-refractivity contribution in [2.24, 2.45) is 5.73 Å². The number of aromatic nitrogens is 1. The normalized spacial score (nSPS) is 17.4. The van der Waals surface area contributed by atoms with Crippen molar-refractivity contribution >= 4 is 11.6 Å². The van der Waals surface area contributed by atoms with Gasteiger partial charge in [0, 0.05) is 17.7 Å². The van der Waals surface area contributed by atoms with Crippen LogP contribution in [-0.4, -0.2) is 17.2 Å². The summed E-state index contributed by atoms with van der Waals surface area (Å²) in [7, 11) is 0. The number of amides is 1. The Labute approximate surface area is 115 Å². The molecule has 3 N–H and O–H groups in total. The smallest absolute Gasteiger partial charge is 0.265 e. The first-order chi connectivity index (χ1) is 9.60. The van der Waals surface area contributed by atoms with E-state index in [1.807, 2.05) is 25.1 Å². The lowest BCUT2D eigenvalue weighted by Gasteiger charge is -2.23. The van der Waals surface area contributed by atoms with Crippen LogP contribution in [0, 0.1) is 6.92 Å². The number of carbonyl (C=O) groups is 1. The number of hydrogen-bond donors (Lipinski definition) is 2. The van der Waals surface area contributed by atoms with Crippen LogP contribution in [0.15, 0.2) is 22.7 Å². The second-order valence-corrected chi connectivity index (χ2v) is 4.73. The van der Waals surface area contributed by atoms with Crippen LogP contribution in [0.25, 0.3) is 11.3 Å². The summed E-state index contributed by atoms with van der Waals surface area (Å²) in [6.07, 6.45) is -0.484. The van der Waals surface area contributed by atoms with E-state index >= 15 is 0 Å². The molecule has 20 heavy (non-hydrogen) atoms. The summed E-state index contributed by atoms with van der Waals surface area (Å²) in [5, 5.41) is 6.84. The maximum atomic E-state index is 11.6. The van der Waals surface area contributed by atoms with Crippen LogP contribution in [-0.2, 0) is 11.3 Å². The fraction of sp³-hybridized carbons (Fsp3) is 0.286. The number of nitrogens with two attached hydrogens (primary N) is 1. The monoisotopic (exact) mass is 273 g/mol. The molecular formula is C14H15N3O3. The summed E-state index contributed by atoms with van der Waals surface area (Å²) in [5.74, 6) is 1.19. The highest BCUT2D eigenvalue weighted by Gasteiger charge is 2.24. The minimum Gasteiger partial charge on any atom is -0.479 e. The van der Waals surface area contributed by atoms with Gasteiger partial charge < -0.3 is 20.3 Å². The summed E-state index contributed by atoms with van der Waals surface area (Å²) in [6, 6.07) is 5.50. The maximum Gasteiger partial charge on any atom is 0.265 e. The molecule has 3 rings (SSSR count). The van der Waals surface area contributed by atoms with Crippen molar-refractivity contribution in [2.45, 2.75) is 26.5 Å². The molecule has 1 unspecified atom stereocenters. The molecule has 6 heteroatoms. The first-order valence-electron chi connectivity index (χ1n) is 6.37. The van der Waals surface area contributed by atoms with Crippen molar-refractivity contribution in [2.75, 3.05) is 5.32 Å². The third kappa shape index (κ3) is 1.94. The quantitative estimate of drug-likeness (QED) is 0.871. The Morgan fingerprint density at radius 3 is 3.00 bits per heavy atom. The Morgan fingerprint density at radius 2 is 2.25 bits per heavy atom. The molecule has 1 aromatic heterocycles. The third-order valence-electron chi connectivity index (χ3n) is 3.37. The van der Waals surface area contributed by atoms with E-state index in [1.54, 1.807) is 6.92 Å². The van der Waals surface area contributed by atoms with Gasteiger partial charge in [-0.3, -0.25) is 4.79 Å². The second-order valence-electron chi connectivity index (χ2n) is 4.73. The van der Waals surface area contributed by atoms with E-state index in [-0.39, 0.29) is 5.91 Å². The topological polar surface area (TPSA) is 90.4 Å². The van der Waals surface area contributed by atoms with Crippen molar-refractivity contribution in [3.05, 3.63) is 29.5 Å². The molecule has 0 saturated heterocycles. The average Bonchev–Trinajstić information content (AvgIpc) is 2.80. The molecule has 0 aliphatic carbocycles. The third-order valence-corrected chi connectivity index (χ3v) is 3.37. The highest BCUT2D eigenvalue weighted by atomic mass is 16.5. The van der Waals surface area contributed by atoms with Crippen molar-refractivity contribution in [1.29, 1.82) is 0 Å². The van der Waals surface area contributed by atoms with E-state index in [4.69, 9.17) is 15.0 Å². The molecule has 1 amide bonds. The fourth-order valence-corrected chi connectivity index (χ4v) is 2.21. The number of nitrogens with zero attached hydrogens (tertiary/aromatic N) is 1. The van der Waals surface area contributed by atoms with E-state index in [1.165, 1.54) is 0 Å². The maximum absolute atomic E-state index is 11.6. The van der Waals surface area contributed by atoms with Crippen LogP contribution in [0.4, 0.5) is 5.69 Å². The van der Waals surface area contributed by atoms with E-state index in [0.29, 0.717) is 29.4 Å². The lowest BCUT2D eigenvalue weighted by atomic mass is 10.0. The van der Waals surface area contributed by atoms with Gasteiger partial charge in [-0.25, -0.2) is 0 Å². The number of aryl methyl sites for hydroxylation is 1. The summed E-state index contributed by atoms with van der Waals surface area (Å²) >= 11 is 0. The number of benzene rings is 1. The molecule has 0 radical (unpaired) electrons. The predicted octanol–water partition coefficient (Wildman–Crippen LogP) is 1.83. The predicted molar refractivity (Wildman–Crippen MR) is 73.3 cm³/mol. The van der Waals surface area contributed by atoms with Gasteiger partial charge in [-0.05, 0) is 32.0 Å². The van der Waals surface area contributed by atoms with Gasteiger partial charge in [0.05, 0.1) is 5.69 Å². The number of carbonyl (C=O) groups excluding carboxylic acids is 1. The largest absolute Gasteiger partial charge is 0.479 e. The van der Waals surface area contributed by atoms with E-state index in [2.05, 4.69) is 10.5 Å². The van der Waals surface area contributed by atoms with Crippen molar-refractivity contribution in [1.82, 2.24) is 5.16 Å². The average molecular weight is 273 g/mol. The summed E-state index contributed by atoms with van der Waals surface area (Å²) in [5.41, 5.74) is 8.74. The molecule has 1 atom stereocenters. The molecule has 1 aromatic carbocycles. The van der Waals surface area contributed by atoms with E-state index in [0.717, 1.165) is 11.1 Å². The summed E-state index contributed by atoms with van der Waals surface area (Å²) < 4.78 is 10.7. The van der Waals surface area contributed by atoms with Gasteiger partial charge in [0.1, 0.15) is 17.2 Å². The molecule has 104 valence electrons. The van der Waals surface area contributed by atoms with Crippen molar-refractivity contribution in [3.8, 4) is 17.0 Å². The number of anilines is 1. The molecule has 2 heterocycles. The van der Waals surface area contributed by atoms with Crippen LogP contribution in [0.3, 0.4) is 0 Å². The Hall–Kier alpha value is -2.34. The number of fused-ring (bicyclic) bond motifs is 1. The zero-order valence-corrected chi connectivity index (χ0v) is 11.3. The van der Waals surface area contributed by atoms with Crippen LogP contribution >= 0.6 is 0 Å². The molecule has 1 aliphatic heterocycles. The van der Waals surface area contributed by atoms with Gasteiger partial charge in [-0.15, -0.1) is 0 Å². The Bertz CT molecular complexity index is 678. The fourth-order valence-electron chi connectivity index (χ4n) is 2.21.